The molecule has 0 spiro atoms. The Kier molecular flexibility index (Phi) is 3.05. The van der Waals surface area contributed by atoms with Gasteiger partial charge in [-0.3, -0.25) is 9.59 Å². The number of benzene rings is 1. The second-order valence-corrected chi connectivity index (χ2v) is 4.39. The average Bonchev–Trinajstić information content (AvgIpc) is 2.65. The maximum Gasteiger partial charge on any atom is 0.279 e. The number of nitrogens with zero attached hydrogens (tertiary/aromatic N) is 1. The number of carbonyl (C=O) groups is 2. The van der Waals surface area contributed by atoms with E-state index >= 15 is 0 Å². The largest absolute Gasteiger partial charge is 0.304 e. The molecule has 0 unspecified atom stereocenters. The van der Waals surface area contributed by atoms with Gasteiger partial charge < -0.3 is 5.32 Å². The number of rotatable bonds is 1. The van der Waals surface area contributed by atoms with Crippen molar-refractivity contribution in [2.45, 2.75) is 6.92 Å². The van der Waals surface area contributed by atoms with E-state index in [1.807, 2.05) is 19.1 Å². The highest BCUT2D eigenvalue weighted by Crippen LogP contribution is 2.11. The van der Waals surface area contributed by atoms with E-state index in [9.17, 15) is 9.59 Å². The number of nitrogens with one attached hydrogen (secondary N) is 1. The summed E-state index contributed by atoms with van der Waals surface area (Å²) < 4.78 is 0. The monoisotopic (exact) mass is 234 g/mol. The number of thioether (sulfide) groups is 1. The van der Waals surface area contributed by atoms with Crippen molar-refractivity contribution in [1.29, 1.82) is 0 Å². The molecule has 0 radical (unpaired) electrons. The molecule has 2 amide bonds. The lowest BCUT2D eigenvalue weighted by atomic mass is 10.1. The van der Waals surface area contributed by atoms with Crippen molar-refractivity contribution in [1.82, 2.24) is 5.32 Å². The molecule has 1 fully saturated rings. The summed E-state index contributed by atoms with van der Waals surface area (Å²) in [6.07, 6.45) is 0. The molecule has 0 saturated carbocycles. The Morgan fingerprint density at radius 1 is 1.38 bits per heavy atom. The number of amidine groups is 1. The summed E-state index contributed by atoms with van der Waals surface area (Å²) in [6, 6.07) is 7.16. The fraction of sp³-hybridized carbons (Fsp3) is 0.182. The molecule has 0 atom stereocenters. The molecule has 2 rings (SSSR count). The first-order valence-corrected chi connectivity index (χ1v) is 5.76. The van der Waals surface area contributed by atoms with Gasteiger partial charge in [0.2, 0.25) is 5.91 Å². The molecule has 16 heavy (non-hydrogen) atoms. The van der Waals surface area contributed by atoms with Gasteiger partial charge in [-0.25, -0.2) is 0 Å². The maximum atomic E-state index is 11.7. The van der Waals surface area contributed by atoms with Crippen LogP contribution in [0.1, 0.15) is 15.9 Å². The summed E-state index contributed by atoms with van der Waals surface area (Å²) >= 11 is 1.25. The Labute approximate surface area is 97.1 Å². The number of hydrogen-bond donors (Lipinski definition) is 1. The van der Waals surface area contributed by atoms with E-state index in [4.69, 9.17) is 0 Å². The number of aliphatic imine (C=N–C) groups is 1. The van der Waals surface area contributed by atoms with Gasteiger partial charge in [-0.2, -0.15) is 4.99 Å². The van der Waals surface area contributed by atoms with Crippen molar-refractivity contribution in [2.75, 3.05) is 5.75 Å². The summed E-state index contributed by atoms with van der Waals surface area (Å²) in [5.41, 5.74) is 1.62. The van der Waals surface area contributed by atoms with Crippen LogP contribution in [0.25, 0.3) is 0 Å². The molecule has 1 aromatic carbocycles. The van der Waals surface area contributed by atoms with Crippen molar-refractivity contribution in [3.05, 3.63) is 35.4 Å². The van der Waals surface area contributed by atoms with Gasteiger partial charge >= 0.3 is 0 Å². The third-order valence-electron chi connectivity index (χ3n) is 2.09. The molecule has 1 aliphatic heterocycles. The van der Waals surface area contributed by atoms with Crippen molar-refractivity contribution >= 4 is 28.7 Å². The van der Waals surface area contributed by atoms with Gasteiger partial charge in [0.1, 0.15) is 0 Å². The van der Waals surface area contributed by atoms with Gasteiger partial charge in [-0.05, 0) is 19.1 Å². The van der Waals surface area contributed by atoms with Crippen LogP contribution in [0.4, 0.5) is 0 Å². The molecule has 1 heterocycles. The van der Waals surface area contributed by atoms with Crippen molar-refractivity contribution in [2.24, 2.45) is 4.99 Å². The van der Waals surface area contributed by atoms with Gasteiger partial charge in [-0.15, -0.1) is 0 Å². The van der Waals surface area contributed by atoms with Crippen molar-refractivity contribution < 1.29 is 9.59 Å². The fourth-order valence-electron chi connectivity index (χ4n) is 1.24. The molecular weight excluding hydrogens is 224 g/mol. The summed E-state index contributed by atoms with van der Waals surface area (Å²) in [7, 11) is 0. The molecular formula is C11H10N2O2S. The van der Waals surface area contributed by atoms with E-state index in [0.717, 1.165) is 5.56 Å². The van der Waals surface area contributed by atoms with E-state index in [2.05, 4.69) is 10.3 Å². The van der Waals surface area contributed by atoms with E-state index in [1.165, 1.54) is 11.8 Å². The lowest BCUT2D eigenvalue weighted by molar-refractivity contribution is -0.116. The maximum absolute atomic E-state index is 11.7. The standard InChI is InChI=1S/C11H10N2O2S/c1-7-2-4-8(5-3-7)10(15)13-11-12-9(14)6-16-11/h2-5H,6H2,1H3,(H,12,13,14,15). The Balaban J connectivity index is 2.14. The van der Waals surface area contributed by atoms with E-state index in [1.54, 1.807) is 12.1 Å². The zero-order valence-corrected chi connectivity index (χ0v) is 9.50. The van der Waals surface area contributed by atoms with Crippen molar-refractivity contribution in [3.63, 3.8) is 0 Å². The van der Waals surface area contributed by atoms with Crippen LogP contribution in [0.15, 0.2) is 29.3 Å². The lowest BCUT2D eigenvalue weighted by Crippen LogP contribution is -2.21. The van der Waals surface area contributed by atoms with E-state index in [-0.39, 0.29) is 11.8 Å². The van der Waals surface area contributed by atoms with Crippen LogP contribution >= 0.6 is 11.8 Å². The van der Waals surface area contributed by atoms with Gasteiger partial charge in [0.05, 0.1) is 5.75 Å². The van der Waals surface area contributed by atoms with Crippen molar-refractivity contribution in [3.8, 4) is 0 Å². The third kappa shape index (κ3) is 2.49. The van der Waals surface area contributed by atoms with Gasteiger partial charge in [-0.1, -0.05) is 29.5 Å². The molecule has 4 nitrogen and oxygen atoms in total. The third-order valence-corrected chi connectivity index (χ3v) is 2.96. The highest BCUT2D eigenvalue weighted by molar-refractivity contribution is 8.15. The fourth-order valence-corrected chi connectivity index (χ4v) is 1.91. The number of hydrogen-bond acceptors (Lipinski definition) is 3. The zero-order chi connectivity index (χ0) is 11.5. The predicted molar refractivity (Wildman–Crippen MR) is 63.5 cm³/mol. The number of amides is 2. The molecule has 1 aliphatic rings. The Morgan fingerprint density at radius 2 is 2.06 bits per heavy atom. The molecule has 0 aromatic heterocycles. The first kappa shape index (κ1) is 10.9. The normalized spacial score (nSPS) is 17.6. The van der Waals surface area contributed by atoms with Crippen LogP contribution in [-0.4, -0.2) is 22.7 Å². The zero-order valence-electron chi connectivity index (χ0n) is 8.69. The molecule has 5 heteroatoms. The molecule has 0 bridgehead atoms. The Hall–Kier alpha value is -1.62. The van der Waals surface area contributed by atoms with Gasteiger partial charge in [0, 0.05) is 5.56 Å². The molecule has 1 N–H and O–H groups in total. The number of carbonyl (C=O) groups excluding carboxylic acids is 2. The van der Waals surface area contributed by atoms with Crippen LogP contribution < -0.4 is 5.32 Å². The van der Waals surface area contributed by atoms with Crippen LogP contribution in [0, 0.1) is 6.92 Å². The Morgan fingerprint density at radius 3 is 2.62 bits per heavy atom. The highest BCUT2D eigenvalue weighted by Gasteiger charge is 2.17. The minimum Gasteiger partial charge on any atom is -0.304 e. The summed E-state index contributed by atoms with van der Waals surface area (Å²) in [6.45, 7) is 1.95. The number of aryl methyl sites for hydroxylation is 1. The van der Waals surface area contributed by atoms with Crippen LogP contribution in [0.2, 0.25) is 0 Å². The first-order valence-electron chi connectivity index (χ1n) is 4.77. The first-order chi connectivity index (χ1) is 7.65. The predicted octanol–water partition coefficient (Wildman–Crippen LogP) is 1.35. The van der Waals surface area contributed by atoms with Crippen LogP contribution in [0.5, 0.6) is 0 Å². The second-order valence-electron chi connectivity index (χ2n) is 3.42. The summed E-state index contributed by atoms with van der Waals surface area (Å²) in [5, 5.41) is 2.90. The topological polar surface area (TPSA) is 58.5 Å². The summed E-state index contributed by atoms with van der Waals surface area (Å²) in [4.78, 5) is 26.4. The van der Waals surface area contributed by atoms with Gasteiger partial charge in [0.25, 0.3) is 5.91 Å². The molecule has 82 valence electrons. The molecule has 1 aromatic rings. The lowest BCUT2D eigenvalue weighted by Gasteiger charge is -1.97. The Bertz CT molecular complexity index is 465. The highest BCUT2D eigenvalue weighted by atomic mass is 32.2. The smallest absolute Gasteiger partial charge is 0.279 e. The average molecular weight is 234 g/mol. The minimum absolute atomic E-state index is 0.111. The molecule has 0 aliphatic carbocycles. The molecule has 1 saturated heterocycles. The summed E-state index contributed by atoms with van der Waals surface area (Å²) in [5.74, 6) is -0.106. The van der Waals surface area contributed by atoms with E-state index in [0.29, 0.717) is 16.5 Å². The van der Waals surface area contributed by atoms with Gasteiger partial charge in [0.15, 0.2) is 5.17 Å². The quantitative estimate of drug-likeness (QED) is 0.798. The minimum atomic E-state index is -0.329. The van der Waals surface area contributed by atoms with E-state index < -0.39 is 0 Å². The second kappa shape index (κ2) is 4.49. The van der Waals surface area contributed by atoms with Crippen LogP contribution in [-0.2, 0) is 4.79 Å². The van der Waals surface area contributed by atoms with Crippen LogP contribution in [0.3, 0.4) is 0 Å². The SMILES string of the molecule is Cc1ccc(C(=O)N=C2NC(=O)CS2)cc1.